The van der Waals surface area contributed by atoms with Crippen molar-refractivity contribution in [2.24, 2.45) is 5.92 Å². The number of aromatic amines is 1. The Kier molecular flexibility index (Phi) is 4.04. The Morgan fingerprint density at radius 1 is 1.53 bits per heavy atom. The fourth-order valence-corrected chi connectivity index (χ4v) is 2.23. The van der Waals surface area contributed by atoms with Gasteiger partial charge in [0, 0.05) is 16.5 Å². The summed E-state index contributed by atoms with van der Waals surface area (Å²) in [6.07, 6.45) is 2.15. The van der Waals surface area contributed by atoms with Gasteiger partial charge in [0.25, 0.3) is 0 Å². The molecule has 0 aliphatic heterocycles. The molecule has 0 amide bonds. The zero-order valence-corrected chi connectivity index (χ0v) is 12.4. The first-order chi connectivity index (χ1) is 8.97. The van der Waals surface area contributed by atoms with Gasteiger partial charge in [0.2, 0.25) is 0 Å². The van der Waals surface area contributed by atoms with Gasteiger partial charge in [0.15, 0.2) is 0 Å². The van der Waals surface area contributed by atoms with E-state index in [0.717, 1.165) is 21.3 Å². The van der Waals surface area contributed by atoms with E-state index in [-0.39, 0.29) is 0 Å². The fourth-order valence-electron chi connectivity index (χ4n) is 1.86. The molecule has 0 spiro atoms. The number of benzene rings is 1. The van der Waals surface area contributed by atoms with Crippen LogP contribution in [-0.2, 0) is 11.2 Å². The summed E-state index contributed by atoms with van der Waals surface area (Å²) in [7, 11) is 0. The van der Waals surface area contributed by atoms with Crippen molar-refractivity contribution in [1.82, 2.24) is 9.97 Å². The Morgan fingerprint density at radius 3 is 2.95 bits per heavy atom. The van der Waals surface area contributed by atoms with Crippen molar-refractivity contribution in [2.45, 2.75) is 20.3 Å². The van der Waals surface area contributed by atoms with Crippen LogP contribution in [0.25, 0.3) is 11.3 Å². The summed E-state index contributed by atoms with van der Waals surface area (Å²) in [6, 6.07) is 6.04. The van der Waals surface area contributed by atoms with E-state index in [9.17, 15) is 4.79 Å². The molecule has 0 aliphatic carbocycles. The van der Waals surface area contributed by atoms with Crippen LogP contribution in [0.1, 0.15) is 18.3 Å². The Labute approximate surface area is 120 Å². The minimum atomic E-state index is -0.809. The van der Waals surface area contributed by atoms with Gasteiger partial charge in [-0.15, -0.1) is 0 Å². The summed E-state index contributed by atoms with van der Waals surface area (Å²) in [4.78, 5) is 18.3. The van der Waals surface area contributed by atoms with Crippen LogP contribution in [0.2, 0.25) is 0 Å². The van der Waals surface area contributed by atoms with Gasteiger partial charge in [-0.2, -0.15) is 0 Å². The summed E-state index contributed by atoms with van der Waals surface area (Å²) in [5.74, 6) is -0.552. The second-order valence-electron chi connectivity index (χ2n) is 4.65. The standard InChI is InChI=1S/C14H15BrN2O2/c1-8-3-4-10(15)6-11(8)12-7-16-13(17-12)5-9(2)14(18)19/h3-4,6-7,9H,5H2,1-2H3,(H,16,17)(H,18,19). The molecule has 2 N–H and O–H groups in total. The minimum absolute atomic E-state index is 0.405. The second kappa shape index (κ2) is 5.57. The highest BCUT2D eigenvalue weighted by atomic mass is 79.9. The molecule has 1 aromatic heterocycles. The average molecular weight is 323 g/mol. The first kappa shape index (κ1) is 13.8. The average Bonchev–Trinajstić information content (AvgIpc) is 2.80. The zero-order chi connectivity index (χ0) is 14.0. The largest absolute Gasteiger partial charge is 0.481 e. The third-order valence-electron chi connectivity index (χ3n) is 3.04. The topological polar surface area (TPSA) is 66.0 Å². The summed E-state index contributed by atoms with van der Waals surface area (Å²) < 4.78 is 1.00. The third-order valence-corrected chi connectivity index (χ3v) is 3.53. The highest BCUT2D eigenvalue weighted by molar-refractivity contribution is 9.10. The van der Waals surface area contributed by atoms with Crippen molar-refractivity contribution in [3.8, 4) is 11.3 Å². The molecule has 1 aromatic carbocycles. The number of H-pyrrole nitrogens is 1. The van der Waals surface area contributed by atoms with E-state index < -0.39 is 11.9 Å². The van der Waals surface area contributed by atoms with Gasteiger partial charge in [-0.25, -0.2) is 4.98 Å². The van der Waals surface area contributed by atoms with Gasteiger partial charge >= 0.3 is 5.97 Å². The summed E-state index contributed by atoms with van der Waals surface area (Å²) in [5.41, 5.74) is 3.12. The van der Waals surface area contributed by atoms with Crippen LogP contribution < -0.4 is 0 Å². The lowest BCUT2D eigenvalue weighted by Crippen LogP contribution is -2.12. The lowest BCUT2D eigenvalue weighted by Gasteiger charge is -2.04. The summed E-state index contributed by atoms with van der Waals surface area (Å²) in [5, 5.41) is 8.90. The smallest absolute Gasteiger partial charge is 0.306 e. The van der Waals surface area contributed by atoms with Gasteiger partial charge in [0.05, 0.1) is 17.8 Å². The van der Waals surface area contributed by atoms with Crippen LogP contribution in [0.3, 0.4) is 0 Å². The number of hydrogen-bond donors (Lipinski definition) is 2. The van der Waals surface area contributed by atoms with Gasteiger partial charge in [-0.1, -0.05) is 28.9 Å². The molecule has 5 heteroatoms. The van der Waals surface area contributed by atoms with Gasteiger partial charge in [0.1, 0.15) is 5.82 Å². The number of rotatable bonds is 4. The molecule has 2 rings (SSSR count). The second-order valence-corrected chi connectivity index (χ2v) is 5.56. The Balaban J connectivity index is 2.26. The Morgan fingerprint density at radius 2 is 2.26 bits per heavy atom. The normalized spacial score (nSPS) is 12.4. The van der Waals surface area contributed by atoms with Crippen molar-refractivity contribution in [3.05, 3.63) is 40.3 Å². The SMILES string of the molecule is Cc1ccc(Br)cc1-c1cnc(CC(C)C(=O)O)[nH]1. The van der Waals surface area contributed by atoms with Crippen molar-refractivity contribution < 1.29 is 9.90 Å². The molecule has 0 aliphatic rings. The highest BCUT2D eigenvalue weighted by Crippen LogP contribution is 2.25. The van der Waals surface area contributed by atoms with Crippen LogP contribution >= 0.6 is 15.9 Å². The van der Waals surface area contributed by atoms with Crippen LogP contribution in [0.4, 0.5) is 0 Å². The lowest BCUT2D eigenvalue weighted by molar-refractivity contribution is -0.141. The number of nitrogens with one attached hydrogen (secondary N) is 1. The lowest BCUT2D eigenvalue weighted by atomic mass is 10.1. The highest BCUT2D eigenvalue weighted by Gasteiger charge is 2.14. The maximum absolute atomic E-state index is 10.8. The molecule has 1 atom stereocenters. The molecule has 0 saturated heterocycles. The molecule has 0 saturated carbocycles. The van der Waals surface area contributed by atoms with Crippen molar-refractivity contribution in [1.29, 1.82) is 0 Å². The number of imidazole rings is 1. The molecular formula is C14H15BrN2O2. The van der Waals surface area contributed by atoms with E-state index in [2.05, 4.69) is 25.9 Å². The van der Waals surface area contributed by atoms with Crippen molar-refractivity contribution in [3.63, 3.8) is 0 Å². The molecule has 1 unspecified atom stereocenters. The van der Waals surface area contributed by atoms with Crippen LogP contribution in [0.5, 0.6) is 0 Å². The van der Waals surface area contributed by atoms with E-state index in [4.69, 9.17) is 5.11 Å². The number of aryl methyl sites for hydroxylation is 1. The molecule has 1 heterocycles. The van der Waals surface area contributed by atoms with E-state index in [1.54, 1.807) is 13.1 Å². The number of carboxylic acid groups (broad SMARTS) is 1. The van der Waals surface area contributed by atoms with Gasteiger partial charge in [-0.3, -0.25) is 4.79 Å². The molecule has 0 radical (unpaired) electrons. The molecule has 0 bridgehead atoms. The van der Waals surface area contributed by atoms with E-state index >= 15 is 0 Å². The first-order valence-corrected chi connectivity index (χ1v) is 6.80. The number of halogens is 1. The molecule has 19 heavy (non-hydrogen) atoms. The maximum atomic E-state index is 10.8. The third kappa shape index (κ3) is 3.23. The zero-order valence-electron chi connectivity index (χ0n) is 10.8. The van der Waals surface area contributed by atoms with Crippen molar-refractivity contribution in [2.75, 3.05) is 0 Å². The molecular weight excluding hydrogens is 308 g/mol. The van der Waals surface area contributed by atoms with Crippen molar-refractivity contribution >= 4 is 21.9 Å². The van der Waals surface area contributed by atoms with Gasteiger partial charge < -0.3 is 10.1 Å². The fraction of sp³-hybridized carbons (Fsp3) is 0.286. The monoisotopic (exact) mass is 322 g/mol. The number of carboxylic acids is 1. The van der Waals surface area contributed by atoms with E-state index in [1.807, 2.05) is 25.1 Å². The summed E-state index contributed by atoms with van der Waals surface area (Å²) >= 11 is 3.45. The van der Waals surface area contributed by atoms with Crippen LogP contribution in [-0.4, -0.2) is 21.0 Å². The Hall–Kier alpha value is -1.62. The number of hydrogen-bond acceptors (Lipinski definition) is 2. The Bertz CT molecular complexity index is 607. The minimum Gasteiger partial charge on any atom is -0.481 e. The number of aromatic nitrogens is 2. The number of aliphatic carboxylic acids is 1. The predicted molar refractivity (Wildman–Crippen MR) is 77.0 cm³/mol. The molecule has 4 nitrogen and oxygen atoms in total. The van der Waals surface area contributed by atoms with Crippen LogP contribution in [0.15, 0.2) is 28.9 Å². The molecule has 2 aromatic rings. The molecule has 0 fully saturated rings. The van der Waals surface area contributed by atoms with Gasteiger partial charge in [-0.05, 0) is 24.6 Å². The summed E-state index contributed by atoms with van der Waals surface area (Å²) in [6.45, 7) is 3.71. The first-order valence-electron chi connectivity index (χ1n) is 6.00. The van der Waals surface area contributed by atoms with E-state index in [1.165, 1.54) is 0 Å². The molecule has 100 valence electrons. The maximum Gasteiger partial charge on any atom is 0.306 e. The van der Waals surface area contributed by atoms with Crippen LogP contribution in [0, 0.1) is 12.8 Å². The number of nitrogens with zero attached hydrogens (tertiary/aromatic N) is 1. The number of carbonyl (C=O) groups is 1. The quantitative estimate of drug-likeness (QED) is 0.906. The predicted octanol–water partition coefficient (Wildman–Crippen LogP) is 3.41. The van der Waals surface area contributed by atoms with E-state index in [0.29, 0.717) is 12.2 Å².